The summed E-state index contributed by atoms with van der Waals surface area (Å²) in [6.45, 7) is 17.7. The quantitative estimate of drug-likeness (QED) is 0.169. The summed E-state index contributed by atoms with van der Waals surface area (Å²) in [6, 6.07) is 14.1. The molecule has 2 heterocycles. The van der Waals surface area contributed by atoms with Gasteiger partial charge in [0.15, 0.2) is 5.78 Å². The maximum Gasteiger partial charge on any atom is 0.164 e. The molecule has 0 atom stereocenters. The van der Waals surface area contributed by atoms with Gasteiger partial charge in [0.25, 0.3) is 0 Å². The van der Waals surface area contributed by atoms with Crippen molar-refractivity contribution in [2.45, 2.75) is 81.1 Å². The van der Waals surface area contributed by atoms with Crippen LogP contribution in [0.1, 0.15) is 85.3 Å². The van der Waals surface area contributed by atoms with Crippen LogP contribution in [0.3, 0.4) is 0 Å². The largest absolute Gasteiger partial charge is 0.512 e. The Balaban J connectivity index is 0.000000402. The number of hydrogen-bond donors (Lipinski definition) is 1. The van der Waals surface area contributed by atoms with Gasteiger partial charge in [-0.1, -0.05) is 87.3 Å². The van der Waals surface area contributed by atoms with Gasteiger partial charge in [0.1, 0.15) is 5.76 Å². The molecule has 0 fully saturated rings. The van der Waals surface area contributed by atoms with Crippen molar-refractivity contribution in [2.75, 3.05) is 0 Å². The van der Waals surface area contributed by atoms with Gasteiger partial charge < -0.3 is 5.11 Å². The van der Waals surface area contributed by atoms with Crippen molar-refractivity contribution in [2.24, 2.45) is 10.8 Å². The number of aromatic nitrogens is 2. The number of nitrogens with zero attached hydrogens (tertiary/aromatic N) is 2. The third-order valence-electron chi connectivity index (χ3n) is 6.03. The summed E-state index contributed by atoms with van der Waals surface area (Å²) in [6.07, 6.45) is 7.27. The summed E-state index contributed by atoms with van der Waals surface area (Å²) in [5, 5.41) is 10.7. The first-order valence-electron chi connectivity index (χ1n) is 12.5. The number of carbonyl (C=O) groups is 1. The van der Waals surface area contributed by atoms with Crippen LogP contribution in [0.25, 0.3) is 22.2 Å². The minimum absolute atomic E-state index is 0. The van der Waals surface area contributed by atoms with E-state index < -0.39 is 5.41 Å². The van der Waals surface area contributed by atoms with Crippen molar-refractivity contribution in [1.82, 2.24) is 9.97 Å². The molecule has 4 nitrogen and oxygen atoms in total. The fourth-order valence-electron chi connectivity index (χ4n) is 3.55. The molecule has 0 bridgehead atoms. The van der Waals surface area contributed by atoms with Gasteiger partial charge in [-0.3, -0.25) is 14.8 Å². The second kappa shape index (κ2) is 13.3. The Labute approximate surface area is 231 Å². The van der Waals surface area contributed by atoms with E-state index in [0.717, 1.165) is 35.0 Å². The van der Waals surface area contributed by atoms with Crippen LogP contribution in [0, 0.1) is 23.8 Å². The number of aryl methyl sites for hydroxylation is 1. The predicted octanol–water partition coefficient (Wildman–Crippen LogP) is 8.40. The van der Waals surface area contributed by atoms with Gasteiger partial charge >= 0.3 is 0 Å². The molecule has 1 N–H and O–H groups in total. The summed E-state index contributed by atoms with van der Waals surface area (Å²) >= 11 is 0. The molecule has 0 saturated carbocycles. The SMILES string of the molecule is CC(C)(C)C(=O)/C=C(\O)C(C)(C)C.CCC(CC)c1cc(C)[c-]c(-c2ccc3ccncc3n2)c1.[Ir]. The standard InChI is InChI=1S/C20H21N2.C11H20O2.Ir/c1-4-15(5-2)17-10-14(3)11-18(12-17)19-7-6-16-8-9-21-13-20(16)22-19;1-10(2,3)8(12)7-9(13)11(4,5)6;/h6-10,12-13,15H,4-5H2,1-3H3;7,12H,1-6H3;/q-1;;/b;8-7-;. The first-order chi connectivity index (χ1) is 16.3. The molecule has 0 aliphatic rings. The van der Waals surface area contributed by atoms with Gasteiger partial charge in [0.05, 0.1) is 11.7 Å². The second-order valence-corrected chi connectivity index (χ2v) is 11.2. The number of benzene rings is 1. The van der Waals surface area contributed by atoms with Gasteiger partial charge in [-0.05, 0) is 17.7 Å². The molecule has 0 aliphatic heterocycles. The van der Waals surface area contributed by atoms with Crippen molar-refractivity contribution in [3.05, 3.63) is 71.8 Å². The van der Waals surface area contributed by atoms with Crippen molar-refractivity contribution in [1.29, 1.82) is 0 Å². The molecule has 0 amide bonds. The molecule has 0 saturated heterocycles. The fraction of sp³-hybridized carbons (Fsp3) is 0.452. The Morgan fingerprint density at radius 3 is 2.22 bits per heavy atom. The summed E-state index contributed by atoms with van der Waals surface area (Å²) in [4.78, 5) is 20.4. The van der Waals surface area contributed by atoms with Crippen molar-refractivity contribution in [3.63, 3.8) is 0 Å². The zero-order valence-electron chi connectivity index (χ0n) is 23.2. The number of allylic oxidation sites excluding steroid dienone is 2. The van der Waals surface area contributed by atoms with Crippen LogP contribution in [-0.4, -0.2) is 20.9 Å². The number of fused-ring (bicyclic) bond motifs is 1. The van der Waals surface area contributed by atoms with Crippen LogP contribution in [0.15, 0.2) is 54.6 Å². The van der Waals surface area contributed by atoms with E-state index in [1.807, 2.05) is 53.8 Å². The monoisotopic (exact) mass is 666 g/mol. The molecule has 197 valence electrons. The van der Waals surface area contributed by atoms with Gasteiger partial charge in [-0.15, -0.1) is 34.9 Å². The minimum atomic E-state index is -0.417. The van der Waals surface area contributed by atoms with Crippen LogP contribution >= 0.6 is 0 Å². The third kappa shape index (κ3) is 8.94. The van der Waals surface area contributed by atoms with E-state index in [-0.39, 0.29) is 37.1 Å². The van der Waals surface area contributed by atoms with Gasteiger partial charge in [0.2, 0.25) is 0 Å². The van der Waals surface area contributed by atoms with Gasteiger partial charge in [-0.2, -0.15) is 0 Å². The van der Waals surface area contributed by atoms with Crippen molar-refractivity contribution in [3.8, 4) is 11.3 Å². The van der Waals surface area contributed by atoms with E-state index in [4.69, 9.17) is 4.98 Å². The average molecular weight is 666 g/mol. The predicted molar refractivity (Wildman–Crippen MR) is 146 cm³/mol. The number of aliphatic hydroxyl groups is 1. The minimum Gasteiger partial charge on any atom is -0.512 e. The van der Waals surface area contributed by atoms with Crippen LogP contribution in [0.2, 0.25) is 0 Å². The van der Waals surface area contributed by atoms with E-state index in [1.54, 1.807) is 6.20 Å². The Hall–Kier alpha value is -2.36. The van der Waals surface area contributed by atoms with Crippen molar-refractivity contribution >= 4 is 16.7 Å². The van der Waals surface area contributed by atoms with Gasteiger partial charge in [-0.25, -0.2) is 0 Å². The number of carbonyl (C=O) groups excluding carboxylic acids is 1. The first kappa shape index (κ1) is 31.7. The van der Waals surface area contributed by atoms with E-state index in [9.17, 15) is 9.90 Å². The Morgan fingerprint density at radius 1 is 1.03 bits per heavy atom. The second-order valence-electron chi connectivity index (χ2n) is 11.2. The zero-order chi connectivity index (χ0) is 26.4. The van der Waals surface area contributed by atoms with Crippen LogP contribution in [0.5, 0.6) is 0 Å². The Bertz CT molecular complexity index is 1180. The number of aliphatic hydroxyl groups excluding tert-OH is 1. The van der Waals surface area contributed by atoms with E-state index in [2.05, 4.69) is 56.1 Å². The molecule has 0 spiro atoms. The molecule has 1 aromatic carbocycles. The molecule has 0 unspecified atom stereocenters. The first-order valence-corrected chi connectivity index (χ1v) is 12.5. The Morgan fingerprint density at radius 2 is 1.67 bits per heavy atom. The van der Waals surface area contributed by atoms with Crippen LogP contribution in [-0.2, 0) is 24.9 Å². The molecule has 2 aromatic heterocycles. The molecule has 1 radical (unpaired) electrons. The summed E-state index contributed by atoms with van der Waals surface area (Å²) in [5.41, 5.74) is 4.78. The van der Waals surface area contributed by atoms with Crippen molar-refractivity contribution < 1.29 is 30.0 Å². The number of hydrogen-bond acceptors (Lipinski definition) is 4. The molecule has 5 heteroatoms. The van der Waals surface area contributed by atoms with Crippen LogP contribution < -0.4 is 0 Å². The fourth-order valence-corrected chi connectivity index (χ4v) is 3.55. The maximum atomic E-state index is 11.5. The molecular formula is C31H41IrN2O2-. The maximum absolute atomic E-state index is 11.5. The molecule has 36 heavy (non-hydrogen) atoms. The number of ketones is 1. The smallest absolute Gasteiger partial charge is 0.164 e. The zero-order valence-corrected chi connectivity index (χ0v) is 25.6. The normalized spacial score (nSPS) is 12.1. The van der Waals surface area contributed by atoms with E-state index in [1.165, 1.54) is 17.2 Å². The third-order valence-corrected chi connectivity index (χ3v) is 6.03. The van der Waals surface area contributed by atoms with Crippen LogP contribution in [0.4, 0.5) is 0 Å². The molecule has 3 rings (SSSR count). The Kier molecular flexibility index (Phi) is 11.7. The average Bonchev–Trinajstić information content (AvgIpc) is 2.78. The number of rotatable bonds is 5. The molecular weight excluding hydrogens is 625 g/mol. The molecule has 0 aliphatic carbocycles. The molecule has 3 aromatic rings. The van der Waals surface area contributed by atoms with E-state index >= 15 is 0 Å². The number of pyridine rings is 2. The summed E-state index contributed by atoms with van der Waals surface area (Å²) in [5.74, 6) is 0.710. The topological polar surface area (TPSA) is 63.1 Å². The van der Waals surface area contributed by atoms with E-state index in [0.29, 0.717) is 5.92 Å². The summed E-state index contributed by atoms with van der Waals surface area (Å²) in [7, 11) is 0. The van der Waals surface area contributed by atoms with Gasteiger partial charge in [0, 0.05) is 48.6 Å². The summed E-state index contributed by atoms with van der Waals surface area (Å²) < 4.78 is 0.